The number of nitrogens with zero attached hydrogens (tertiary/aromatic N) is 11. The summed E-state index contributed by atoms with van der Waals surface area (Å²) in [5.41, 5.74) is 12.9. The monoisotopic (exact) mass is 1300 g/mol. The van der Waals surface area contributed by atoms with Crippen LogP contribution in [-0.4, -0.2) is 130 Å². The van der Waals surface area contributed by atoms with Crippen LogP contribution >= 0.6 is 39.1 Å². The maximum Gasteiger partial charge on any atom is 0.410 e. The molecule has 18 nitrogen and oxygen atoms in total. The van der Waals surface area contributed by atoms with Crippen LogP contribution in [0.25, 0.3) is 55.3 Å². The number of aromatic nitrogens is 8. The third-order valence-electron chi connectivity index (χ3n) is 19.5. The lowest BCUT2D eigenvalue weighted by atomic mass is 9.60. The second-order valence-electron chi connectivity index (χ2n) is 27.3. The minimum Gasteiger partial charge on any atom is -0.449 e. The number of benzene rings is 3. The molecule has 2 atom stereocenters. The van der Waals surface area contributed by atoms with Gasteiger partial charge in [0.25, 0.3) is 0 Å². The minimum atomic E-state index is -0.473. The molecule has 0 bridgehead atoms. The van der Waals surface area contributed by atoms with Crippen molar-refractivity contribution in [2.75, 3.05) is 52.5 Å². The molecular weight excluding hydrogens is 1220 g/mol. The Labute approximate surface area is 533 Å². The lowest BCUT2D eigenvalue weighted by molar-refractivity contribution is -0.128. The van der Waals surface area contributed by atoms with Gasteiger partial charge in [0, 0.05) is 120 Å². The summed E-state index contributed by atoms with van der Waals surface area (Å²) in [6.07, 6.45) is 17.0. The first-order chi connectivity index (χ1) is 42.2. The van der Waals surface area contributed by atoms with Gasteiger partial charge in [0.05, 0.1) is 52.2 Å². The van der Waals surface area contributed by atoms with Crippen molar-refractivity contribution >= 4 is 79.0 Å². The first-order valence-corrected chi connectivity index (χ1v) is 33.4. The molecule has 3 aromatic carbocycles. The van der Waals surface area contributed by atoms with Crippen LogP contribution in [0.15, 0.2) is 53.4 Å². The van der Waals surface area contributed by atoms with E-state index in [0.29, 0.717) is 30.6 Å². The molecule has 0 N–H and O–H groups in total. The average Bonchev–Trinajstić information content (AvgIpc) is 1.36. The van der Waals surface area contributed by atoms with E-state index < -0.39 is 5.60 Å². The smallest absolute Gasteiger partial charge is 0.410 e. The molecule has 7 aromatic rings. The van der Waals surface area contributed by atoms with Gasteiger partial charge in [-0.2, -0.15) is 20.4 Å². The van der Waals surface area contributed by atoms with Crippen LogP contribution in [0.2, 0.25) is 10.0 Å². The summed E-state index contributed by atoms with van der Waals surface area (Å²) in [6.45, 7) is 22.6. The molecule has 9 heterocycles. The van der Waals surface area contributed by atoms with Crippen LogP contribution in [0, 0.1) is 38.5 Å². The van der Waals surface area contributed by atoms with Crippen molar-refractivity contribution in [1.29, 1.82) is 0 Å². The molecule has 7 fully saturated rings. The number of unbranched alkanes of at least 4 members (excludes halogenated alkanes) is 1. The van der Waals surface area contributed by atoms with E-state index in [9.17, 15) is 14.4 Å². The fraction of sp³-hybridized carbons (Fsp3) is 0.567. The van der Waals surface area contributed by atoms with Crippen molar-refractivity contribution in [2.24, 2.45) is 10.8 Å². The van der Waals surface area contributed by atoms with Crippen LogP contribution in [0.4, 0.5) is 9.59 Å². The first-order valence-electron chi connectivity index (χ1n) is 31.9. The van der Waals surface area contributed by atoms with Crippen molar-refractivity contribution in [1.82, 2.24) is 53.8 Å². The highest BCUT2D eigenvalue weighted by Gasteiger charge is 2.57. The van der Waals surface area contributed by atoms with Gasteiger partial charge in [-0.25, -0.2) is 19.0 Å². The fourth-order valence-corrected chi connectivity index (χ4v) is 16.1. The van der Waals surface area contributed by atoms with Gasteiger partial charge >= 0.3 is 12.2 Å². The molecule has 21 heteroatoms. The van der Waals surface area contributed by atoms with E-state index in [0.717, 1.165) is 222 Å². The maximum atomic E-state index is 12.5. The van der Waals surface area contributed by atoms with Gasteiger partial charge in [-0.05, 0) is 170 Å². The SMILES string of the molecule is CCCCOC(=O)N1CC2(CC(n3nc(-c4ccc(CN5CCCC5=O)cc4)c(-c4c(Cl)c(C)cc5c4cnn5C4CCCCO4)c3C)C2)C1.Cc1cc2c(cnn2C2CCCCO2)c(-c2c(Br)nn(C3CC4(C3)CN(C(=O)OC(C)(C)C)C4)c2C)c1Cl. The van der Waals surface area contributed by atoms with Gasteiger partial charge in [-0.1, -0.05) is 60.8 Å². The number of hydrogen-bond acceptors (Lipinski definition) is 11. The molecule has 88 heavy (non-hydrogen) atoms. The predicted octanol–water partition coefficient (Wildman–Crippen LogP) is 15.4. The Bertz CT molecular complexity index is 3800. The molecule has 2 saturated carbocycles. The molecule has 468 valence electrons. The molecule has 14 rings (SSSR count). The van der Waals surface area contributed by atoms with E-state index in [1.165, 1.54) is 0 Å². The number of likely N-dealkylation sites (tertiary alicyclic amines) is 3. The van der Waals surface area contributed by atoms with Crippen molar-refractivity contribution in [2.45, 2.75) is 182 Å². The van der Waals surface area contributed by atoms with Crippen molar-refractivity contribution in [3.63, 3.8) is 0 Å². The van der Waals surface area contributed by atoms with Crippen LogP contribution in [0.3, 0.4) is 0 Å². The van der Waals surface area contributed by atoms with Crippen LogP contribution < -0.4 is 0 Å². The summed E-state index contributed by atoms with van der Waals surface area (Å²) in [6, 6.07) is 13.2. The van der Waals surface area contributed by atoms with E-state index in [1.807, 2.05) is 64.2 Å². The standard InChI is InChI=1S/C39H47ClN6O4.C28H35BrClN5O3/c1-4-5-16-50-38(48)44-23-39(24-44)19-29(20-39)45-26(3)34(37(42-45)28-13-11-27(12-14-28)22-43-15-8-9-32(43)47)35-30-21-41-46(33-10-6-7-17-49-33)31(30)18-25(2)36(35)40;1-16-10-20-19(13-31-35(20)21-8-6-7-9-37-21)23(24(16)30)22-17(2)34(32-25(22)29)18-11-28(12-18)14-33(15-28)26(36)38-27(3,4)5/h11-14,18,21,29,33H,4-10,15-17,19-20,22-24H2,1-3H3;10,13,18,21H,6-9,11-12,14-15H2,1-5H3. The Morgan fingerprint density at radius 2 is 1.22 bits per heavy atom. The second kappa shape index (κ2) is 24.0. The molecule has 3 amide bonds. The number of fused-ring (bicyclic) bond motifs is 2. The number of amides is 3. The second-order valence-corrected chi connectivity index (χ2v) is 28.8. The Balaban J connectivity index is 0.000000169. The van der Waals surface area contributed by atoms with Crippen LogP contribution in [-0.2, 0) is 30.3 Å². The van der Waals surface area contributed by atoms with E-state index in [-0.39, 0.29) is 47.4 Å². The fourth-order valence-electron chi connectivity index (χ4n) is 15.0. The van der Waals surface area contributed by atoms with Gasteiger partial charge < -0.3 is 33.6 Å². The molecule has 7 aliphatic rings. The van der Waals surface area contributed by atoms with Gasteiger partial charge in [-0.15, -0.1) is 0 Å². The highest BCUT2D eigenvalue weighted by Crippen LogP contribution is 2.57. The quantitative estimate of drug-likeness (QED) is 0.107. The number of ether oxygens (including phenoxy) is 4. The molecule has 5 aliphatic heterocycles. The minimum absolute atomic E-state index is 0.0455. The highest BCUT2D eigenvalue weighted by atomic mass is 79.9. The van der Waals surface area contributed by atoms with E-state index in [1.54, 1.807) is 0 Å². The number of carbonyl (C=O) groups is 3. The lowest BCUT2D eigenvalue weighted by Gasteiger charge is -2.58. The van der Waals surface area contributed by atoms with Crippen LogP contribution in [0.1, 0.15) is 170 Å². The number of aryl methyl sites for hydroxylation is 2. The van der Waals surface area contributed by atoms with Gasteiger partial charge in [0.1, 0.15) is 15.9 Å². The number of rotatable bonds is 12. The Morgan fingerprint density at radius 1 is 0.693 bits per heavy atom. The highest BCUT2D eigenvalue weighted by molar-refractivity contribution is 9.10. The van der Waals surface area contributed by atoms with Crippen LogP contribution in [0.5, 0.6) is 0 Å². The lowest BCUT2D eigenvalue weighted by Crippen LogP contribution is -2.64. The Hall–Kier alpha value is -5.99. The molecule has 5 saturated heterocycles. The largest absolute Gasteiger partial charge is 0.449 e. The molecule has 2 aliphatic carbocycles. The normalized spacial score (nSPS) is 21.6. The molecule has 2 spiro atoms. The molecule has 0 radical (unpaired) electrons. The molecule has 4 aromatic heterocycles. The van der Waals surface area contributed by atoms with Crippen molar-refractivity contribution in [3.8, 4) is 33.5 Å². The van der Waals surface area contributed by atoms with Crippen molar-refractivity contribution < 1.29 is 33.3 Å². The Kier molecular flexibility index (Phi) is 16.6. The number of halogens is 3. The summed E-state index contributed by atoms with van der Waals surface area (Å²) < 4.78 is 32.4. The zero-order chi connectivity index (χ0) is 61.6. The summed E-state index contributed by atoms with van der Waals surface area (Å²) >= 11 is 18.0. The summed E-state index contributed by atoms with van der Waals surface area (Å²) in [5.74, 6) is 0.226. The first kappa shape index (κ1) is 60.9. The van der Waals surface area contributed by atoms with Gasteiger partial charge in [-0.3, -0.25) is 14.2 Å². The number of hydrogen-bond donors (Lipinski definition) is 0. The summed E-state index contributed by atoms with van der Waals surface area (Å²) in [4.78, 5) is 42.8. The predicted molar refractivity (Wildman–Crippen MR) is 343 cm³/mol. The Morgan fingerprint density at radius 3 is 1.72 bits per heavy atom. The third kappa shape index (κ3) is 11.3. The van der Waals surface area contributed by atoms with E-state index >= 15 is 0 Å². The number of carbonyl (C=O) groups excluding carboxylic acids is 3. The third-order valence-corrected chi connectivity index (χ3v) is 21.1. The summed E-state index contributed by atoms with van der Waals surface area (Å²) in [7, 11) is 0. The average molecular weight is 1300 g/mol. The van der Waals surface area contributed by atoms with Gasteiger partial charge in [0.2, 0.25) is 5.91 Å². The van der Waals surface area contributed by atoms with E-state index in [4.69, 9.17) is 62.5 Å². The summed E-state index contributed by atoms with van der Waals surface area (Å²) in [5, 5.41) is 23.3. The zero-order valence-corrected chi connectivity index (χ0v) is 55.2. The molecular formula is C67H82BrCl2N11O7. The topological polar surface area (TPSA) is 169 Å². The molecule has 2 unspecified atom stereocenters. The maximum absolute atomic E-state index is 12.5. The van der Waals surface area contributed by atoms with E-state index in [2.05, 4.69) is 89.4 Å². The van der Waals surface area contributed by atoms with Gasteiger partial charge in [0.15, 0.2) is 12.5 Å². The zero-order valence-electron chi connectivity index (χ0n) is 52.1. The van der Waals surface area contributed by atoms with Crippen molar-refractivity contribution in [3.05, 3.63) is 91.5 Å².